The molecular formula is C9H15NO2. The van der Waals surface area contributed by atoms with Gasteiger partial charge in [-0.25, -0.2) is 4.79 Å². The van der Waals surface area contributed by atoms with Gasteiger partial charge in [0.05, 0.1) is 6.61 Å². The van der Waals surface area contributed by atoms with Crippen molar-refractivity contribution < 1.29 is 9.53 Å². The maximum atomic E-state index is 11.0. The molecule has 1 N–H and O–H groups in total. The molecule has 0 aromatic carbocycles. The van der Waals surface area contributed by atoms with Crippen LogP contribution in [-0.4, -0.2) is 19.2 Å². The summed E-state index contributed by atoms with van der Waals surface area (Å²) in [4.78, 5) is 11.0. The quantitative estimate of drug-likeness (QED) is 0.693. The van der Waals surface area contributed by atoms with E-state index >= 15 is 0 Å². The Bertz CT molecular complexity index is 155. The summed E-state index contributed by atoms with van der Waals surface area (Å²) >= 11 is 0. The predicted molar refractivity (Wildman–Crippen MR) is 44.8 cm³/mol. The topological polar surface area (TPSA) is 38.3 Å². The maximum absolute atomic E-state index is 11.0. The third kappa shape index (κ3) is 2.72. The van der Waals surface area contributed by atoms with Crippen LogP contribution in [0.1, 0.15) is 25.7 Å². The highest BCUT2D eigenvalue weighted by atomic mass is 16.5. The Kier molecular flexibility index (Phi) is 2.19. The lowest BCUT2D eigenvalue weighted by Crippen LogP contribution is -2.26. The van der Waals surface area contributed by atoms with Gasteiger partial charge in [-0.3, -0.25) is 0 Å². The second-order valence-electron chi connectivity index (χ2n) is 3.87. The predicted octanol–water partition coefficient (Wildman–Crippen LogP) is 1.53. The second-order valence-corrected chi connectivity index (χ2v) is 3.87. The fourth-order valence-corrected chi connectivity index (χ4v) is 1.08. The van der Waals surface area contributed by atoms with Crippen LogP contribution in [0.3, 0.4) is 0 Å². The van der Waals surface area contributed by atoms with Crippen molar-refractivity contribution in [2.75, 3.05) is 13.2 Å². The van der Waals surface area contributed by atoms with Gasteiger partial charge in [0, 0.05) is 6.54 Å². The SMILES string of the molecule is O=C(NCC1CC1)OCC1CC1. The number of hydrogen-bond donors (Lipinski definition) is 1. The van der Waals surface area contributed by atoms with Gasteiger partial charge in [0.2, 0.25) is 0 Å². The van der Waals surface area contributed by atoms with Crippen LogP contribution in [0.25, 0.3) is 0 Å². The van der Waals surface area contributed by atoms with Crippen molar-refractivity contribution in [1.29, 1.82) is 0 Å². The first-order chi connectivity index (χ1) is 5.84. The van der Waals surface area contributed by atoms with Crippen LogP contribution in [0.2, 0.25) is 0 Å². The van der Waals surface area contributed by atoms with Crippen LogP contribution < -0.4 is 5.32 Å². The van der Waals surface area contributed by atoms with E-state index < -0.39 is 0 Å². The molecular weight excluding hydrogens is 154 g/mol. The zero-order valence-corrected chi connectivity index (χ0v) is 7.21. The van der Waals surface area contributed by atoms with Crippen molar-refractivity contribution >= 4 is 6.09 Å². The molecule has 2 rings (SSSR count). The number of amides is 1. The van der Waals surface area contributed by atoms with E-state index in [1.165, 1.54) is 25.7 Å². The van der Waals surface area contributed by atoms with Crippen molar-refractivity contribution in [3.8, 4) is 0 Å². The second kappa shape index (κ2) is 3.33. The van der Waals surface area contributed by atoms with Gasteiger partial charge < -0.3 is 10.1 Å². The molecule has 2 aliphatic carbocycles. The van der Waals surface area contributed by atoms with E-state index in [0.717, 1.165) is 12.5 Å². The number of rotatable bonds is 4. The molecule has 0 aliphatic heterocycles. The highest BCUT2D eigenvalue weighted by molar-refractivity contribution is 5.67. The Balaban J connectivity index is 1.50. The lowest BCUT2D eigenvalue weighted by molar-refractivity contribution is 0.140. The lowest BCUT2D eigenvalue weighted by Gasteiger charge is -2.04. The molecule has 0 radical (unpaired) electrons. The number of alkyl carbamates (subject to hydrolysis) is 1. The summed E-state index contributed by atoms with van der Waals surface area (Å²) in [7, 11) is 0. The molecule has 3 nitrogen and oxygen atoms in total. The van der Waals surface area contributed by atoms with Crippen LogP contribution in [0.15, 0.2) is 0 Å². The average Bonchev–Trinajstić information content (AvgIpc) is 2.89. The molecule has 0 aromatic rings. The van der Waals surface area contributed by atoms with Crippen LogP contribution >= 0.6 is 0 Å². The highest BCUT2D eigenvalue weighted by Crippen LogP contribution is 2.29. The Labute approximate surface area is 72.5 Å². The summed E-state index contributed by atoms with van der Waals surface area (Å²) in [6, 6.07) is 0. The van der Waals surface area contributed by atoms with Gasteiger partial charge in [-0.1, -0.05) is 0 Å². The first-order valence-corrected chi connectivity index (χ1v) is 4.75. The van der Waals surface area contributed by atoms with Crippen molar-refractivity contribution in [3.05, 3.63) is 0 Å². The number of carbonyl (C=O) groups excluding carboxylic acids is 1. The Morgan fingerprint density at radius 1 is 1.25 bits per heavy atom. The number of hydrogen-bond acceptors (Lipinski definition) is 2. The molecule has 2 aliphatic rings. The molecule has 0 saturated heterocycles. The number of carbonyl (C=O) groups is 1. The third-order valence-electron chi connectivity index (χ3n) is 2.38. The molecule has 3 heteroatoms. The molecule has 0 heterocycles. The molecule has 1 amide bonds. The summed E-state index contributed by atoms with van der Waals surface area (Å²) < 4.78 is 4.99. The molecule has 68 valence electrons. The fourth-order valence-electron chi connectivity index (χ4n) is 1.08. The highest BCUT2D eigenvalue weighted by Gasteiger charge is 2.24. The lowest BCUT2D eigenvalue weighted by atomic mass is 10.4. The molecule has 2 fully saturated rings. The van der Waals surface area contributed by atoms with Crippen molar-refractivity contribution in [1.82, 2.24) is 5.32 Å². The third-order valence-corrected chi connectivity index (χ3v) is 2.38. The first-order valence-electron chi connectivity index (χ1n) is 4.75. The van der Waals surface area contributed by atoms with E-state index in [0.29, 0.717) is 12.5 Å². The zero-order valence-electron chi connectivity index (χ0n) is 7.21. The van der Waals surface area contributed by atoms with Gasteiger partial charge in [0.15, 0.2) is 0 Å². The normalized spacial score (nSPS) is 22.0. The smallest absolute Gasteiger partial charge is 0.407 e. The van der Waals surface area contributed by atoms with Gasteiger partial charge in [-0.05, 0) is 37.5 Å². The number of ether oxygens (including phenoxy) is 1. The van der Waals surface area contributed by atoms with Crippen LogP contribution in [0, 0.1) is 11.8 Å². The Morgan fingerprint density at radius 2 is 1.92 bits per heavy atom. The largest absolute Gasteiger partial charge is 0.449 e. The summed E-state index contributed by atoms with van der Waals surface area (Å²) in [5.41, 5.74) is 0. The molecule has 0 atom stereocenters. The first kappa shape index (κ1) is 7.90. The van der Waals surface area contributed by atoms with E-state index in [9.17, 15) is 4.79 Å². The van der Waals surface area contributed by atoms with Gasteiger partial charge in [0.25, 0.3) is 0 Å². The Hall–Kier alpha value is -0.730. The molecule has 0 bridgehead atoms. The average molecular weight is 169 g/mol. The number of nitrogens with one attached hydrogen (secondary N) is 1. The van der Waals surface area contributed by atoms with Crippen molar-refractivity contribution in [3.63, 3.8) is 0 Å². The molecule has 2 saturated carbocycles. The van der Waals surface area contributed by atoms with Gasteiger partial charge >= 0.3 is 6.09 Å². The minimum absolute atomic E-state index is 0.228. The van der Waals surface area contributed by atoms with E-state index in [1.807, 2.05) is 0 Å². The van der Waals surface area contributed by atoms with Gasteiger partial charge in [0.1, 0.15) is 0 Å². The molecule has 0 aromatic heterocycles. The fraction of sp³-hybridized carbons (Fsp3) is 0.889. The maximum Gasteiger partial charge on any atom is 0.407 e. The summed E-state index contributed by atoms with van der Waals surface area (Å²) in [5, 5.41) is 2.77. The van der Waals surface area contributed by atoms with E-state index in [4.69, 9.17) is 4.74 Å². The zero-order chi connectivity index (χ0) is 8.39. The van der Waals surface area contributed by atoms with Crippen LogP contribution in [0.5, 0.6) is 0 Å². The minimum Gasteiger partial charge on any atom is -0.449 e. The van der Waals surface area contributed by atoms with Gasteiger partial charge in [-0.15, -0.1) is 0 Å². The van der Waals surface area contributed by atoms with Crippen molar-refractivity contribution in [2.45, 2.75) is 25.7 Å². The monoisotopic (exact) mass is 169 g/mol. The summed E-state index contributed by atoms with van der Waals surface area (Å²) in [5.74, 6) is 1.40. The minimum atomic E-state index is -0.228. The molecule has 0 unspecified atom stereocenters. The molecule has 0 spiro atoms. The van der Waals surface area contributed by atoms with Crippen molar-refractivity contribution in [2.24, 2.45) is 11.8 Å². The van der Waals surface area contributed by atoms with E-state index in [-0.39, 0.29) is 6.09 Å². The van der Waals surface area contributed by atoms with Crippen LogP contribution in [-0.2, 0) is 4.74 Å². The van der Waals surface area contributed by atoms with E-state index in [2.05, 4.69) is 5.32 Å². The molecule has 12 heavy (non-hydrogen) atoms. The van der Waals surface area contributed by atoms with Crippen LogP contribution in [0.4, 0.5) is 4.79 Å². The van der Waals surface area contributed by atoms with Gasteiger partial charge in [-0.2, -0.15) is 0 Å². The Morgan fingerprint density at radius 3 is 2.50 bits per heavy atom. The van der Waals surface area contributed by atoms with E-state index in [1.54, 1.807) is 0 Å². The summed E-state index contributed by atoms with van der Waals surface area (Å²) in [6.07, 6.45) is 4.77. The summed E-state index contributed by atoms with van der Waals surface area (Å²) in [6.45, 7) is 1.43. The standard InChI is InChI=1S/C9H15NO2/c11-9(10-5-7-1-2-7)12-6-8-3-4-8/h7-8H,1-6H2,(H,10,11).